The number of aryl methyl sites for hydroxylation is 1. The first-order valence-corrected chi connectivity index (χ1v) is 7.98. The van der Waals surface area contributed by atoms with Gasteiger partial charge in [-0.2, -0.15) is 0 Å². The normalized spacial score (nSPS) is 14.2. The van der Waals surface area contributed by atoms with Crippen LogP contribution in [0.4, 0.5) is 0 Å². The molecule has 0 radical (unpaired) electrons. The summed E-state index contributed by atoms with van der Waals surface area (Å²) in [5.74, 6) is 0.285. The van der Waals surface area contributed by atoms with Gasteiger partial charge in [-0.25, -0.2) is 0 Å². The lowest BCUT2D eigenvalue weighted by atomic mass is 9.85. The quantitative estimate of drug-likeness (QED) is 0.755. The lowest BCUT2D eigenvalue weighted by Gasteiger charge is -2.22. The van der Waals surface area contributed by atoms with Gasteiger partial charge < -0.3 is 10.3 Å². The Morgan fingerprint density at radius 2 is 1.82 bits per heavy atom. The fourth-order valence-electron chi connectivity index (χ4n) is 3.10. The summed E-state index contributed by atoms with van der Waals surface area (Å²) in [6.45, 7) is 2.09. The molecule has 114 valence electrons. The highest BCUT2D eigenvalue weighted by molar-refractivity contribution is 6.30. The number of hydrogen-bond donors (Lipinski definition) is 1. The SMILES string of the molecule is CC(N)C(Cc1ccc(Cl)cc1)c1cccc2c1ccn2C. The third-order valence-corrected chi connectivity index (χ3v) is 4.62. The first-order chi connectivity index (χ1) is 10.6. The lowest BCUT2D eigenvalue weighted by Crippen LogP contribution is -2.26. The molecule has 3 heteroatoms. The first kappa shape index (κ1) is 15.1. The van der Waals surface area contributed by atoms with Crippen LogP contribution in [0.2, 0.25) is 5.02 Å². The molecular weight excluding hydrogens is 292 g/mol. The van der Waals surface area contributed by atoms with Crippen LogP contribution in [0.5, 0.6) is 0 Å². The van der Waals surface area contributed by atoms with Crippen molar-refractivity contribution in [2.75, 3.05) is 0 Å². The molecule has 0 saturated carbocycles. The van der Waals surface area contributed by atoms with E-state index in [1.165, 1.54) is 22.0 Å². The van der Waals surface area contributed by atoms with Crippen LogP contribution in [0.3, 0.4) is 0 Å². The van der Waals surface area contributed by atoms with E-state index in [2.05, 4.69) is 61.1 Å². The average molecular weight is 313 g/mol. The van der Waals surface area contributed by atoms with Crippen molar-refractivity contribution in [1.82, 2.24) is 4.57 Å². The van der Waals surface area contributed by atoms with Gasteiger partial charge in [-0.1, -0.05) is 35.9 Å². The highest BCUT2D eigenvalue weighted by Crippen LogP contribution is 2.31. The number of fused-ring (bicyclic) bond motifs is 1. The lowest BCUT2D eigenvalue weighted by molar-refractivity contribution is 0.568. The molecule has 0 bridgehead atoms. The molecule has 0 amide bonds. The molecule has 2 unspecified atom stereocenters. The molecule has 2 N–H and O–H groups in total. The third kappa shape index (κ3) is 2.90. The second-order valence-electron chi connectivity index (χ2n) is 6.00. The molecule has 0 aliphatic carbocycles. The predicted octanol–water partition coefficient (Wildman–Crippen LogP) is 4.51. The van der Waals surface area contributed by atoms with Gasteiger partial charge in [-0.05, 0) is 48.7 Å². The molecule has 3 aromatic rings. The second kappa shape index (κ2) is 6.15. The number of nitrogens with zero attached hydrogens (tertiary/aromatic N) is 1. The number of aromatic nitrogens is 1. The molecule has 2 nitrogen and oxygen atoms in total. The first-order valence-electron chi connectivity index (χ1n) is 7.60. The summed E-state index contributed by atoms with van der Waals surface area (Å²) in [7, 11) is 2.08. The minimum atomic E-state index is 0.0847. The molecule has 0 saturated heterocycles. The second-order valence-corrected chi connectivity index (χ2v) is 6.44. The smallest absolute Gasteiger partial charge is 0.0480 e. The van der Waals surface area contributed by atoms with Crippen molar-refractivity contribution < 1.29 is 0 Å². The minimum Gasteiger partial charge on any atom is -0.351 e. The van der Waals surface area contributed by atoms with Crippen molar-refractivity contribution in [3.05, 3.63) is 70.9 Å². The Hall–Kier alpha value is -1.77. The fraction of sp³-hybridized carbons (Fsp3) is 0.263. The van der Waals surface area contributed by atoms with Crippen molar-refractivity contribution >= 4 is 22.5 Å². The Bertz CT molecular complexity index is 772. The highest BCUT2D eigenvalue weighted by Gasteiger charge is 2.19. The average Bonchev–Trinajstić information content (AvgIpc) is 2.88. The molecule has 2 atom stereocenters. The monoisotopic (exact) mass is 312 g/mol. The van der Waals surface area contributed by atoms with E-state index in [1.807, 2.05) is 12.1 Å². The number of hydrogen-bond acceptors (Lipinski definition) is 1. The molecule has 22 heavy (non-hydrogen) atoms. The van der Waals surface area contributed by atoms with Crippen LogP contribution in [-0.4, -0.2) is 10.6 Å². The summed E-state index contributed by atoms with van der Waals surface area (Å²) in [5.41, 5.74) is 10.1. The summed E-state index contributed by atoms with van der Waals surface area (Å²) in [6, 6.07) is 16.8. The van der Waals surface area contributed by atoms with Crippen molar-refractivity contribution in [1.29, 1.82) is 0 Å². The van der Waals surface area contributed by atoms with Crippen molar-refractivity contribution in [3.8, 4) is 0 Å². The summed E-state index contributed by atoms with van der Waals surface area (Å²) in [4.78, 5) is 0. The standard InChI is InChI=1S/C19H21ClN2/c1-13(21)18(12-14-6-8-15(20)9-7-14)16-4-3-5-19-17(16)10-11-22(19)2/h3-11,13,18H,12,21H2,1-2H3. The summed E-state index contributed by atoms with van der Waals surface area (Å²) in [5, 5.41) is 2.06. The predicted molar refractivity (Wildman–Crippen MR) is 94.5 cm³/mol. The van der Waals surface area contributed by atoms with Crippen LogP contribution in [0.25, 0.3) is 10.9 Å². The molecule has 0 fully saturated rings. The van der Waals surface area contributed by atoms with E-state index in [0.29, 0.717) is 0 Å². The van der Waals surface area contributed by atoms with E-state index in [1.54, 1.807) is 0 Å². The molecule has 2 aromatic carbocycles. The molecule has 1 aromatic heterocycles. The molecule has 3 rings (SSSR count). The number of halogens is 1. The van der Waals surface area contributed by atoms with Gasteiger partial charge in [-0.3, -0.25) is 0 Å². The van der Waals surface area contributed by atoms with Crippen LogP contribution in [0.1, 0.15) is 24.0 Å². The maximum absolute atomic E-state index is 6.31. The number of benzene rings is 2. The molecule has 1 heterocycles. The Morgan fingerprint density at radius 3 is 2.50 bits per heavy atom. The van der Waals surface area contributed by atoms with Crippen LogP contribution >= 0.6 is 11.6 Å². The zero-order valence-electron chi connectivity index (χ0n) is 13.0. The number of nitrogens with two attached hydrogens (primary N) is 1. The summed E-state index contributed by atoms with van der Waals surface area (Å²) in [6.07, 6.45) is 3.03. The fourth-order valence-corrected chi connectivity index (χ4v) is 3.23. The van der Waals surface area contributed by atoms with Crippen LogP contribution in [0, 0.1) is 0 Å². The summed E-state index contributed by atoms with van der Waals surface area (Å²) < 4.78 is 2.15. The van der Waals surface area contributed by atoms with Crippen LogP contribution in [-0.2, 0) is 13.5 Å². The van der Waals surface area contributed by atoms with E-state index >= 15 is 0 Å². The Kier molecular flexibility index (Phi) is 4.23. The topological polar surface area (TPSA) is 30.9 Å². The van der Waals surface area contributed by atoms with Gasteiger partial charge >= 0.3 is 0 Å². The number of rotatable bonds is 4. The zero-order valence-corrected chi connectivity index (χ0v) is 13.7. The van der Waals surface area contributed by atoms with Crippen molar-refractivity contribution in [3.63, 3.8) is 0 Å². The summed E-state index contributed by atoms with van der Waals surface area (Å²) >= 11 is 5.98. The van der Waals surface area contributed by atoms with E-state index in [4.69, 9.17) is 17.3 Å². The largest absolute Gasteiger partial charge is 0.351 e. The Balaban J connectivity index is 2.01. The van der Waals surface area contributed by atoms with Gasteiger partial charge in [-0.15, -0.1) is 0 Å². The zero-order chi connectivity index (χ0) is 15.7. The van der Waals surface area contributed by atoms with Gasteiger partial charge in [0.1, 0.15) is 0 Å². The van der Waals surface area contributed by atoms with Gasteiger partial charge in [0.15, 0.2) is 0 Å². The molecule has 0 aliphatic rings. The molecular formula is C19H21ClN2. The van der Waals surface area contributed by atoms with Gasteiger partial charge in [0.25, 0.3) is 0 Å². The van der Waals surface area contributed by atoms with E-state index in [-0.39, 0.29) is 12.0 Å². The maximum atomic E-state index is 6.31. The van der Waals surface area contributed by atoms with Crippen molar-refractivity contribution in [2.45, 2.75) is 25.3 Å². The Morgan fingerprint density at radius 1 is 1.09 bits per heavy atom. The highest BCUT2D eigenvalue weighted by atomic mass is 35.5. The third-order valence-electron chi connectivity index (χ3n) is 4.36. The van der Waals surface area contributed by atoms with Crippen LogP contribution in [0.15, 0.2) is 54.7 Å². The maximum Gasteiger partial charge on any atom is 0.0480 e. The Labute approximate surface area is 136 Å². The van der Waals surface area contributed by atoms with Crippen LogP contribution < -0.4 is 5.73 Å². The van der Waals surface area contributed by atoms with Gasteiger partial charge in [0.2, 0.25) is 0 Å². The molecule has 0 aliphatic heterocycles. The van der Waals surface area contributed by atoms with Crippen molar-refractivity contribution in [2.24, 2.45) is 12.8 Å². The van der Waals surface area contributed by atoms with E-state index in [0.717, 1.165) is 11.4 Å². The van der Waals surface area contributed by atoms with Gasteiger partial charge in [0, 0.05) is 41.1 Å². The minimum absolute atomic E-state index is 0.0847. The van der Waals surface area contributed by atoms with E-state index in [9.17, 15) is 0 Å². The van der Waals surface area contributed by atoms with Gasteiger partial charge in [0.05, 0.1) is 0 Å². The van der Waals surface area contributed by atoms with E-state index < -0.39 is 0 Å². The molecule has 0 spiro atoms.